The van der Waals surface area contributed by atoms with Crippen molar-refractivity contribution in [2.45, 2.75) is 0 Å². The predicted octanol–water partition coefficient (Wildman–Crippen LogP) is 2.79. The van der Waals surface area contributed by atoms with E-state index in [2.05, 4.69) is 15.3 Å². The third kappa shape index (κ3) is 2.50. The maximum atomic E-state index is 12.7. The van der Waals surface area contributed by atoms with Gasteiger partial charge in [-0.15, -0.1) is 0 Å². The first-order chi connectivity index (χ1) is 12.0. The number of halogens is 1. The summed E-state index contributed by atoms with van der Waals surface area (Å²) in [6.07, 6.45) is 0. The lowest BCUT2D eigenvalue weighted by Crippen LogP contribution is -2.17. The van der Waals surface area contributed by atoms with Crippen LogP contribution >= 0.6 is 11.6 Å². The van der Waals surface area contributed by atoms with Gasteiger partial charge in [-0.25, -0.2) is 14.6 Å². The molecule has 25 heavy (non-hydrogen) atoms. The van der Waals surface area contributed by atoms with Gasteiger partial charge >= 0.3 is 0 Å². The topological polar surface area (TPSA) is 112 Å². The first kappa shape index (κ1) is 15.2. The van der Waals surface area contributed by atoms with Crippen molar-refractivity contribution in [3.05, 3.63) is 59.1 Å². The number of para-hydroxylation sites is 2. The molecule has 0 aliphatic rings. The van der Waals surface area contributed by atoms with Gasteiger partial charge in [-0.05, 0) is 36.4 Å². The van der Waals surface area contributed by atoms with Crippen molar-refractivity contribution in [1.29, 1.82) is 0 Å². The van der Waals surface area contributed by atoms with Gasteiger partial charge in [0.05, 0.1) is 11.0 Å². The molecular weight excluding hydrogens is 340 g/mol. The first-order valence-electron chi connectivity index (χ1n) is 7.43. The Balaban J connectivity index is 1.85. The van der Waals surface area contributed by atoms with E-state index in [0.29, 0.717) is 32.9 Å². The molecule has 7 nitrogen and oxygen atoms in total. The van der Waals surface area contributed by atoms with Gasteiger partial charge in [-0.2, -0.15) is 0 Å². The number of aromatic nitrogens is 3. The van der Waals surface area contributed by atoms with Gasteiger partial charge in [0.1, 0.15) is 16.9 Å². The Hall–Kier alpha value is -3.32. The van der Waals surface area contributed by atoms with Crippen LogP contribution in [0.4, 0.5) is 11.5 Å². The lowest BCUT2D eigenvalue weighted by molar-refractivity contribution is 0.102. The average molecular weight is 353 g/mol. The molecule has 124 valence electrons. The van der Waals surface area contributed by atoms with Crippen molar-refractivity contribution in [1.82, 2.24) is 14.6 Å². The monoisotopic (exact) mass is 352 g/mol. The zero-order chi connectivity index (χ0) is 17.6. The molecule has 0 radical (unpaired) electrons. The van der Waals surface area contributed by atoms with E-state index < -0.39 is 5.91 Å². The van der Waals surface area contributed by atoms with E-state index in [1.165, 1.54) is 4.68 Å². The second kappa shape index (κ2) is 5.64. The second-order valence-corrected chi connectivity index (χ2v) is 5.91. The molecule has 4 rings (SSSR count). The normalized spacial score (nSPS) is 11.1. The molecule has 5 N–H and O–H groups in total. The number of nitrogens with one attached hydrogen (secondary N) is 1. The van der Waals surface area contributed by atoms with E-state index in [4.69, 9.17) is 23.2 Å². The summed E-state index contributed by atoms with van der Waals surface area (Å²) in [5.41, 5.74) is 8.82. The molecule has 2 aromatic carbocycles. The zero-order valence-corrected chi connectivity index (χ0v) is 13.7. The minimum absolute atomic E-state index is 0.0942. The van der Waals surface area contributed by atoms with E-state index in [1.807, 2.05) is 24.3 Å². The number of carbonyl (C=O) groups excluding carboxylic acids is 1. The quantitative estimate of drug-likeness (QED) is 0.480. The molecule has 1 amide bonds. The maximum absolute atomic E-state index is 12.7. The molecule has 0 fully saturated rings. The van der Waals surface area contributed by atoms with Crippen LogP contribution in [-0.2, 0) is 0 Å². The number of hydrogen-bond acceptors (Lipinski definition) is 5. The highest BCUT2D eigenvalue weighted by molar-refractivity contribution is 6.30. The SMILES string of the molecule is Nc1c(C(=O)Nc2ccc(Cl)cc2)c2nc3ccccc3nc2n1N. The Kier molecular flexibility index (Phi) is 3.43. The van der Waals surface area contributed by atoms with Crippen molar-refractivity contribution in [3.63, 3.8) is 0 Å². The summed E-state index contributed by atoms with van der Waals surface area (Å²) >= 11 is 5.86. The van der Waals surface area contributed by atoms with Crippen LogP contribution in [0.5, 0.6) is 0 Å². The van der Waals surface area contributed by atoms with E-state index >= 15 is 0 Å². The summed E-state index contributed by atoms with van der Waals surface area (Å²) in [4.78, 5) is 21.7. The molecule has 0 spiro atoms. The second-order valence-electron chi connectivity index (χ2n) is 5.48. The van der Waals surface area contributed by atoms with Crippen molar-refractivity contribution < 1.29 is 4.79 Å². The number of amides is 1. The van der Waals surface area contributed by atoms with Gasteiger partial charge in [-0.3, -0.25) is 4.79 Å². The summed E-state index contributed by atoms with van der Waals surface area (Å²) in [6, 6.07) is 14.1. The van der Waals surface area contributed by atoms with Gasteiger partial charge in [0, 0.05) is 10.7 Å². The Bertz CT molecular complexity index is 1120. The predicted molar refractivity (Wildman–Crippen MR) is 99.0 cm³/mol. The highest BCUT2D eigenvalue weighted by Crippen LogP contribution is 2.26. The fraction of sp³-hybridized carbons (Fsp3) is 0. The van der Waals surface area contributed by atoms with Crippen LogP contribution in [0.3, 0.4) is 0 Å². The smallest absolute Gasteiger partial charge is 0.261 e. The minimum atomic E-state index is -0.418. The Morgan fingerprint density at radius 3 is 2.36 bits per heavy atom. The van der Waals surface area contributed by atoms with Crippen LogP contribution < -0.4 is 16.9 Å². The number of nitrogen functional groups attached to an aromatic ring is 2. The molecule has 8 heteroatoms. The Labute approximate surface area is 147 Å². The van der Waals surface area contributed by atoms with Crippen LogP contribution in [-0.4, -0.2) is 20.6 Å². The first-order valence-corrected chi connectivity index (χ1v) is 7.81. The van der Waals surface area contributed by atoms with E-state index in [-0.39, 0.29) is 11.4 Å². The average Bonchev–Trinajstić information content (AvgIpc) is 2.86. The summed E-state index contributed by atoms with van der Waals surface area (Å²) < 4.78 is 1.17. The summed E-state index contributed by atoms with van der Waals surface area (Å²) in [5.74, 6) is 5.65. The van der Waals surface area contributed by atoms with Crippen LogP contribution in [0.2, 0.25) is 5.02 Å². The van der Waals surface area contributed by atoms with E-state index in [0.717, 1.165) is 0 Å². The summed E-state index contributed by atoms with van der Waals surface area (Å²) in [7, 11) is 0. The summed E-state index contributed by atoms with van der Waals surface area (Å²) in [6.45, 7) is 0. The molecule has 0 aliphatic heterocycles. The third-order valence-electron chi connectivity index (χ3n) is 3.86. The fourth-order valence-electron chi connectivity index (χ4n) is 2.63. The molecule has 0 saturated heterocycles. The minimum Gasteiger partial charge on any atom is -0.383 e. The number of rotatable bonds is 2. The van der Waals surface area contributed by atoms with Gasteiger partial charge in [-0.1, -0.05) is 23.7 Å². The fourth-order valence-corrected chi connectivity index (χ4v) is 2.76. The lowest BCUT2D eigenvalue weighted by atomic mass is 10.2. The molecular formula is C17H13ClN6O. The molecule has 0 saturated carbocycles. The Morgan fingerprint density at radius 2 is 1.68 bits per heavy atom. The van der Waals surface area contributed by atoms with Gasteiger partial charge in [0.15, 0.2) is 5.65 Å². The number of nitrogens with two attached hydrogens (primary N) is 2. The van der Waals surface area contributed by atoms with Crippen molar-refractivity contribution >= 4 is 51.2 Å². The van der Waals surface area contributed by atoms with Crippen LogP contribution in [0.25, 0.3) is 22.2 Å². The number of fused-ring (bicyclic) bond motifs is 2. The number of hydrogen-bond donors (Lipinski definition) is 3. The lowest BCUT2D eigenvalue weighted by Gasteiger charge is -2.05. The van der Waals surface area contributed by atoms with Crippen LogP contribution in [0.1, 0.15) is 10.4 Å². The summed E-state index contributed by atoms with van der Waals surface area (Å²) in [5, 5.41) is 3.34. The maximum Gasteiger partial charge on any atom is 0.261 e. The molecule has 0 bridgehead atoms. The van der Waals surface area contributed by atoms with Crippen molar-refractivity contribution in [2.24, 2.45) is 0 Å². The number of carbonyl (C=O) groups is 1. The van der Waals surface area contributed by atoms with Gasteiger partial charge in [0.2, 0.25) is 0 Å². The third-order valence-corrected chi connectivity index (χ3v) is 4.11. The highest BCUT2D eigenvalue weighted by Gasteiger charge is 2.23. The highest BCUT2D eigenvalue weighted by atomic mass is 35.5. The van der Waals surface area contributed by atoms with E-state index in [9.17, 15) is 4.79 Å². The molecule has 0 atom stereocenters. The van der Waals surface area contributed by atoms with Crippen LogP contribution in [0, 0.1) is 0 Å². The molecule has 4 aromatic rings. The van der Waals surface area contributed by atoms with Gasteiger partial charge in [0.25, 0.3) is 5.91 Å². The molecule has 0 aliphatic carbocycles. The van der Waals surface area contributed by atoms with Gasteiger partial charge < -0.3 is 16.9 Å². The molecule has 2 aromatic heterocycles. The van der Waals surface area contributed by atoms with E-state index in [1.54, 1.807) is 24.3 Å². The Morgan fingerprint density at radius 1 is 1.04 bits per heavy atom. The largest absolute Gasteiger partial charge is 0.383 e. The van der Waals surface area contributed by atoms with Crippen molar-refractivity contribution in [3.8, 4) is 0 Å². The number of nitrogens with zero attached hydrogens (tertiary/aromatic N) is 3. The molecule has 0 unspecified atom stereocenters. The number of benzene rings is 2. The standard InChI is InChI=1S/C17H13ClN6O/c18-9-5-7-10(8-6-9)21-17(25)13-14-16(24(20)15(13)19)23-12-4-2-1-3-11(12)22-14/h1-8H,19-20H2,(H,21,25). The van der Waals surface area contributed by atoms with Crippen molar-refractivity contribution in [2.75, 3.05) is 16.9 Å². The zero-order valence-electron chi connectivity index (χ0n) is 12.9. The number of anilines is 2. The van der Waals surface area contributed by atoms with Crippen LogP contribution in [0.15, 0.2) is 48.5 Å². The molecule has 2 heterocycles.